The first-order chi connectivity index (χ1) is 7.63. The number of hydrogen-bond acceptors (Lipinski definition) is 3. The van der Waals surface area contributed by atoms with Gasteiger partial charge in [0.1, 0.15) is 11.5 Å². The largest absolute Gasteiger partial charge is 0.465 e. The fraction of sp³-hybridized carbons (Fsp3) is 0.538. The van der Waals surface area contributed by atoms with E-state index in [9.17, 15) is 0 Å². The van der Waals surface area contributed by atoms with Crippen molar-refractivity contribution in [2.24, 2.45) is 0 Å². The lowest BCUT2D eigenvalue weighted by atomic mass is 10.3. The maximum Gasteiger partial charge on any atom is 0.118 e. The monoisotopic (exact) mass is 220 g/mol. The molecule has 0 saturated carbocycles. The maximum atomic E-state index is 5.54. The lowest BCUT2D eigenvalue weighted by Gasteiger charge is -2.23. The van der Waals surface area contributed by atoms with Gasteiger partial charge in [-0.2, -0.15) is 0 Å². The van der Waals surface area contributed by atoms with E-state index < -0.39 is 0 Å². The van der Waals surface area contributed by atoms with Crippen molar-refractivity contribution in [1.29, 1.82) is 0 Å². The first-order valence-electron chi connectivity index (χ1n) is 5.53. The van der Waals surface area contributed by atoms with E-state index in [0.29, 0.717) is 12.6 Å². The number of nitrogens with one attached hydrogen (secondary N) is 1. The van der Waals surface area contributed by atoms with E-state index in [1.165, 1.54) is 0 Å². The van der Waals surface area contributed by atoms with Crippen LogP contribution in [0.2, 0.25) is 0 Å². The molecule has 0 saturated heterocycles. The summed E-state index contributed by atoms with van der Waals surface area (Å²) in [5.74, 6) is 4.53. The van der Waals surface area contributed by atoms with Gasteiger partial charge in [0.25, 0.3) is 0 Å². The van der Waals surface area contributed by atoms with Crippen molar-refractivity contribution >= 4 is 0 Å². The minimum absolute atomic E-state index is 0.429. The summed E-state index contributed by atoms with van der Waals surface area (Å²) in [5, 5.41) is 3.20. The molecule has 3 nitrogen and oxygen atoms in total. The molecule has 0 fully saturated rings. The SMILES string of the molecule is C#CCNCC(C)N(C)Cc1ccc(C)o1. The van der Waals surface area contributed by atoms with Gasteiger partial charge in [-0.3, -0.25) is 4.90 Å². The number of nitrogens with zero attached hydrogens (tertiary/aromatic N) is 1. The molecule has 1 aromatic rings. The Morgan fingerprint density at radius 3 is 2.88 bits per heavy atom. The van der Waals surface area contributed by atoms with Crippen molar-refractivity contribution in [2.45, 2.75) is 26.4 Å². The van der Waals surface area contributed by atoms with Crippen LogP contribution in [-0.2, 0) is 6.54 Å². The van der Waals surface area contributed by atoms with Crippen LogP contribution in [0.1, 0.15) is 18.4 Å². The van der Waals surface area contributed by atoms with Crippen LogP contribution in [0.15, 0.2) is 16.5 Å². The second-order valence-electron chi connectivity index (χ2n) is 4.11. The summed E-state index contributed by atoms with van der Waals surface area (Å²) in [7, 11) is 2.08. The molecule has 16 heavy (non-hydrogen) atoms. The minimum atomic E-state index is 0.429. The predicted molar refractivity (Wildman–Crippen MR) is 66.1 cm³/mol. The lowest BCUT2D eigenvalue weighted by Crippen LogP contribution is -2.37. The minimum Gasteiger partial charge on any atom is -0.465 e. The summed E-state index contributed by atoms with van der Waals surface area (Å²) in [5.41, 5.74) is 0. The zero-order valence-electron chi connectivity index (χ0n) is 10.3. The van der Waals surface area contributed by atoms with Gasteiger partial charge in [0.15, 0.2) is 0 Å². The first-order valence-corrected chi connectivity index (χ1v) is 5.53. The Balaban J connectivity index is 2.34. The molecule has 0 aliphatic carbocycles. The maximum absolute atomic E-state index is 5.54. The van der Waals surface area contributed by atoms with Gasteiger partial charge >= 0.3 is 0 Å². The smallest absolute Gasteiger partial charge is 0.118 e. The summed E-state index contributed by atoms with van der Waals surface area (Å²) in [6, 6.07) is 4.44. The van der Waals surface area contributed by atoms with E-state index in [0.717, 1.165) is 24.6 Å². The summed E-state index contributed by atoms with van der Waals surface area (Å²) in [6.45, 7) is 6.46. The summed E-state index contributed by atoms with van der Waals surface area (Å²) in [6.07, 6.45) is 5.18. The van der Waals surface area contributed by atoms with Crippen LogP contribution in [-0.4, -0.2) is 31.1 Å². The predicted octanol–water partition coefficient (Wildman–Crippen LogP) is 1.63. The van der Waals surface area contributed by atoms with Crippen LogP contribution in [0, 0.1) is 19.3 Å². The molecule has 1 rings (SSSR count). The summed E-state index contributed by atoms with van der Waals surface area (Å²) in [4.78, 5) is 2.24. The Labute approximate surface area is 97.8 Å². The van der Waals surface area contributed by atoms with Gasteiger partial charge in [0.2, 0.25) is 0 Å². The van der Waals surface area contributed by atoms with E-state index in [-0.39, 0.29) is 0 Å². The van der Waals surface area contributed by atoms with Crippen molar-refractivity contribution in [1.82, 2.24) is 10.2 Å². The van der Waals surface area contributed by atoms with E-state index in [1.54, 1.807) is 0 Å². The number of furan rings is 1. The normalized spacial score (nSPS) is 12.7. The molecule has 0 aliphatic rings. The lowest BCUT2D eigenvalue weighted by molar-refractivity contribution is 0.225. The number of aryl methyl sites for hydroxylation is 1. The first kappa shape index (κ1) is 12.8. The van der Waals surface area contributed by atoms with Crippen molar-refractivity contribution in [3.63, 3.8) is 0 Å². The van der Waals surface area contributed by atoms with E-state index in [4.69, 9.17) is 10.8 Å². The Morgan fingerprint density at radius 2 is 2.31 bits per heavy atom. The zero-order valence-corrected chi connectivity index (χ0v) is 10.3. The third-order valence-corrected chi connectivity index (χ3v) is 2.62. The van der Waals surface area contributed by atoms with Crippen LogP contribution < -0.4 is 5.32 Å². The average Bonchev–Trinajstić information content (AvgIpc) is 2.64. The molecule has 88 valence electrons. The fourth-order valence-electron chi connectivity index (χ4n) is 1.48. The highest BCUT2D eigenvalue weighted by molar-refractivity contribution is 5.05. The van der Waals surface area contributed by atoms with Crippen molar-refractivity contribution in [3.05, 3.63) is 23.7 Å². The molecule has 0 aromatic carbocycles. The van der Waals surface area contributed by atoms with E-state index >= 15 is 0 Å². The number of likely N-dealkylation sites (N-methyl/N-ethyl adjacent to an activating group) is 1. The second kappa shape index (κ2) is 6.37. The molecule has 0 amide bonds. The standard InChI is InChI=1S/C13H20N2O/c1-5-8-14-9-11(2)15(4)10-13-7-6-12(3)16-13/h1,6-7,11,14H,8-10H2,2-4H3. The van der Waals surface area contributed by atoms with Gasteiger partial charge in [0.05, 0.1) is 13.1 Å². The van der Waals surface area contributed by atoms with Gasteiger partial charge < -0.3 is 9.73 Å². The van der Waals surface area contributed by atoms with Gasteiger partial charge in [-0.1, -0.05) is 5.92 Å². The summed E-state index contributed by atoms with van der Waals surface area (Å²) < 4.78 is 5.54. The highest BCUT2D eigenvalue weighted by Crippen LogP contribution is 2.09. The molecular formula is C13H20N2O. The molecule has 1 heterocycles. The fourth-order valence-corrected chi connectivity index (χ4v) is 1.48. The van der Waals surface area contributed by atoms with E-state index in [2.05, 4.69) is 30.1 Å². The number of rotatable bonds is 6. The molecule has 0 radical (unpaired) electrons. The number of terminal acetylenes is 1. The van der Waals surface area contributed by atoms with Gasteiger partial charge in [-0.15, -0.1) is 6.42 Å². The van der Waals surface area contributed by atoms with Gasteiger partial charge in [0, 0.05) is 12.6 Å². The van der Waals surface area contributed by atoms with Crippen LogP contribution in [0.4, 0.5) is 0 Å². The third-order valence-electron chi connectivity index (χ3n) is 2.62. The average molecular weight is 220 g/mol. The molecule has 1 aromatic heterocycles. The van der Waals surface area contributed by atoms with Gasteiger partial charge in [-0.05, 0) is 33.0 Å². The zero-order chi connectivity index (χ0) is 12.0. The molecular weight excluding hydrogens is 200 g/mol. The molecule has 1 atom stereocenters. The van der Waals surface area contributed by atoms with Crippen LogP contribution in [0.25, 0.3) is 0 Å². The molecule has 0 spiro atoms. The molecule has 1 unspecified atom stereocenters. The highest BCUT2D eigenvalue weighted by atomic mass is 16.3. The Hall–Kier alpha value is -1.24. The topological polar surface area (TPSA) is 28.4 Å². The van der Waals surface area contributed by atoms with Crippen molar-refractivity contribution in [2.75, 3.05) is 20.1 Å². The highest BCUT2D eigenvalue weighted by Gasteiger charge is 2.10. The second-order valence-corrected chi connectivity index (χ2v) is 4.11. The third kappa shape index (κ3) is 4.09. The summed E-state index contributed by atoms with van der Waals surface area (Å²) >= 11 is 0. The Bertz CT molecular complexity index is 351. The van der Waals surface area contributed by atoms with Gasteiger partial charge in [-0.25, -0.2) is 0 Å². The molecule has 3 heteroatoms. The van der Waals surface area contributed by atoms with Crippen molar-refractivity contribution in [3.8, 4) is 12.3 Å². The quantitative estimate of drug-likeness (QED) is 0.583. The molecule has 0 aliphatic heterocycles. The number of hydrogen-bond donors (Lipinski definition) is 1. The van der Waals surface area contributed by atoms with Crippen LogP contribution in [0.5, 0.6) is 0 Å². The van der Waals surface area contributed by atoms with Crippen molar-refractivity contribution < 1.29 is 4.42 Å². The van der Waals surface area contributed by atoms with Crippen LogP contribution in [0.3, 0.4) is 0 Å². The Kier molecular flexibility index (Phi) is 5.10. The molecule has 1 N–H and O–H groups in total. The van der Waals surface area contributed by atoms with E-state index in [1.807, 2.05) is 19.1 Å². The molecule has 0 bridgehead atoms. The Morgan fingerprint density at radius 1 is 1.56 bits per heavy atom. The van der Waals surface area contributed by atoms with Crippen LogP contribution >= 0.6 is 0 Å².